The van der Waals surface area contributed by atoms with Gasteiger partial charge < -0.3 is 15.2 Å². The largest absolute Gasteiger partial charge is 0.496 e. The first kappa shape index (κ1) is 12.9. The monoisotopic (exact) mass is 275 g/mol. The molecule has 20 heavy (non-hydrogen) atoms. The second-order valence-electron chi connectivity index (χ2n) is 4.87. The highest BCUT2D eigenvalue weighted by atomic mass is 16.5. The van der Waals surface area contributed by atoms with Crippen molar-refractivity contribution in [3.05, 3.63) is 18.2 Å². The molecule has 7 nitrogen and oxygen atoms in total. The molecule has 2 aromatic rings. The maximum absolute atomic E-state index is 5.77. The molecule has 1 aromatic heterocycles. The lowest BCUT2D eigenvalue weighted by molar-refractivity contribution is 0.181. The summed E-state index contributed by atoms with van der Waals surface area (Å²) in [6.45, 7) is 2.32. The number of hydrogen-bond acceptors (Lipinski definition) is 6. The van der Waals surface area contributed by atoms with Gasteiger partial charge in [-0.3, -0.25) is 0 Å². The van der Waals surface area contributed by atoms with Gasteiger partial charge in [0.05, 0.1) is 25.8 Å². The van der Waals surface area contributed by atoms with E-state index in [-0.39, 0.29) is 0 Å². The Kier molecular flexibility index (Phi) is 3.51. The van der Waals surface area contributed by atoms with E-state index in [1.54, 1.807) is 17.9 Å². The molecule has 2 heterocycles. The molecule has 1 saturated heterocycles. The summed E-state index contributed by atoms with van der Waals surface area (Å²) < 4.78 is 12.5. The maximum Gasteiger partial charge on any atom is 0.185 e. The van der Waals surface area contributed by atoms with Gasteiger partial charge in [0.15, 0.2) is 5.82 Å². The third-order valence-electron chi connectivity index (χ3n) is 3.45. The Balaban J connectivity index is 1.92. The molecule has 0 aliphatic carbocycles. The van der Waals surface area contributed by atoms with Crippen LogP contribution in [-0.2, 0) is 11.3 Å². The van der Waals surface area contributed by atoms with Gasteiger partial charge >= 0.3 is 0 Å². The maximum atomic E-state index is 5.77. The first-order valence-electron chi connectivity index (χ1n) is 6.55. The van der Waals surface area contributed by atoms with Crippen molar-refractivity contribution in [1.82, 2.24) is 20.2 Å². The molecule has 106 valence electrons. The lowest BCUT2D eigenvalue weighted by Crippen LogP contribution is -2.13. The number of ether oxygens (including phenoxy) is 2. The minimum Gasteiger partial charge on any atom is -0.496 e. The van der Waals surface area contributed by atoms with Crippen molar-refractivity contribution >= 4 is 5.69 Å². The summed E-state index contributed by atoms with van der Waals surface area (Å²) in [5, 5.41) is 11.9. The number of methoxy groups -OCH3 is 1. The lowest BCUT2D eigenvalue weighted by atomic mass is 10.1. The molecular formula is C13H17N5O2. The molecule has 1 atom stereocenters. The van der Waals surface area contributed by atoms with Gasteiger partial charge in [-0.15, -0.1) is 5.10 Å². The van der Waals surface area contributed by atoms with Crippen molar-refractivity contribution in [1.29, 1.82) is 0 Å². The van der Waals surface area contributed by atoms with Crippen molar-refractivity contribution in [3.63, 3.8) is 0 Å². The Bertz CT molecular complexity index is 592. The van der Waals surface area contributed by atoms with E-state index < -0.39 is 0 Å². The lowest BCUT2D eigenvalue weighted by Gasteiger charge is -2.11. The first-order chi connectivity index (χ1) is 9.78. The van der Waals surface area contributed by atoms with Gasteiger partial charge in [0.1, 0.15) is 5.75 Å². The number of nitrogens with zero attached hydrogens (tertiary/aromatic N) is 4. The number of hydrogen-bond donors (Lipinski definition) is 1. The van der Waals surface area contributed by atoms with E-state index in [9.17, 15) is 0 Å². The zero-order chi connectivity index (χ0) is 13.9. The zero-order valence-electron chi connectivity index (χ0n) is 11.3. The summed E-state index contributed by atoms with van der Waals surface area (Å²) in [7, 11) is 1.61. The van der Waals surface area contributed by atoms with Crippen LogP contribution in [0, 0.1) is 5.92 Å². The number of anilines is 1. The Morgan fingerprint density at radius 2 is 2.40 bits per heavy atom. The summed E-state index contributed by atoms with van der Waals surface area (Å²) in [6, 6.07) is 5.46. The normalized spacial score (nSPS) is 18.4. The highest BCUT2D eigenvalue weighted by Gasteiger charge is 2.20. The van der Waals surface area contributed by atoms with Crippen molar-refractivity contribution in [2.24, 2.45) is 5.92 Å². The van der Waals surface area contributed by atoms with E-state index in [2.05, 4.69) is 15.5 Å². The summed E-state index contributed by atoms with van der Waals surface area (Å²) in [5.41, 5.74) is 7.26. The van der Waals surface area contributed by atoms with Gasteiger partial charge in [-0.05, 0) is 29.0 Å². The van der Waals surface area contributed by atoms with Crippen LogP contribution in [0.5, 0.6) is 5.75 Å². The van der Waals surface area contributed by atoms with Crippen LogP contribution in [0.2, 0.25) is 0 Å². The standard InChI is InChI=1S/C13H17N5O2/c1-19-12-6-10(14)2-3-11(12)13-15-16-17-18(13)7-9-4-5-20-8-9/h2-3,6,9H,4-5,7-8,14H2,1H3. The number of tetrazole rings is 1. The third-order valence-corrected chi connectivity index (χ3v) is 3.45. The molecule has 1 fully saturated rings. The van der Waals surface area contributed by atoms with Crippen LogP contribution >= 0.6 is 0 Å². The van der Waals surface area contributed by atoms with Crippen LogP contribution in [0.4, 0.5) is 5.69 Å². The Morgan fingerprint density at radius 3 is 3.15 bits per heavy atom. The molecule has 1 aliphatic rings. The summed E-state index contributed by atoms with van der Waals surface area (Å²) in [4.78, 5) is 0. The summed E-state index contributed by atoms with van der Waals surface area (Å²) in [6.07, 6.45) is 1.04. The van der Waals surface area contributed by atoms with Gasteiger partial charge in [-0.2, -0.15) is 0 Å². The number of nitrogens with two attached hydrogens (primary N) is 1. The highest BCUT2D eigenvalue weighted by molar-refractivity contribution is 5.67. The van der Waals surface area contributed by atoms with E-state index in [1.807, 2.05) is 12.1 Å². The second-order valence-corrected chi connectivity index (χ2v) is 4.87. The van der Waals surface area contributed by atoms with Crippen LogP contribution < -0.4 is 10.5 Å². The number of aromatic nitrogens is 4. The van der Waals surface area contributed by atoms with Gasteiger partial charge in [-0.25, -0.2) is 4.68 Å². The topological polar surface area (TPSA) is 88.1 Å². The predicted octanol–water partition coefficient (Wildman–Crippen LogP) is 0.967. The smallest absolute Gasteiger partial charge is 0.185 e. The Hall–Kier alpha value is -2.15. The molecule has 0 saturated carbocycles. The van der Waals surface area contributed by atoms with Crippen LogP contribution in [0.25, 0.3) is 11.4 Å². The minimum atomic E-state index is 0.456. The van der Waals surface area contributed by atoms with Crippen LogP contribution in [-0.4, -0.2) is 40.5 Å². The van der Waals surface area contributed by atoms with Crippen LogP contribution in [0.1, 0.15) is 6.42 Å². The molecular weight excluding hydrogens is 258 g/mol. The number of rotatable bonds is 4. The molecule has 1 unspecified atom stereocenters. The predicted molar refractivity (Wildman–Crippen MR) is 73.1 cm³/mol. The van der Waals surface area contributed by atoms with Gasteiger partial charge in [0.25, 0.3) is 0 Å². The average Bonchev–Trinajstić information content (AvgIpc) is 3.11. The molecule has 0 spiro atoms. The van der Waals surface area contributed by atoms with E-state index in [1.165, 1.54) is 0 Å². The van der Waals surface area contributed by atoms with E-state index in [0.29, 0.717) is 23.2 Å². The van der Waals surface area contributed by atoms with Crippen molar-refractivity contribution < 1.29 is 9.47 Å². The molecule has 0 bridgehead atoms. The number of benzene rings is 1. The minimum absolute atomic E-state index is 0.456. The zero-order valence-corrected chi connectivity index (χ0v) is 11.3. The fraction of sp³-hybridized carbons (Fsp3) is 0.462. The fourth-order valence-electron chi connectivity index (χ4n) is 2.38. The number of nitrogen functional groups attached to an aromatic ring is 1. The quantitative estimate of drug-likeness (QED) is 0.836. The summed E-state index contributed by atoms with van der Waals surface area (Å²) in [5.74, 6) is 1.81. The van der Waals surface area contributed by atoms with Crippen molar-refractivity contribution in [3.8, 4) is 17.1 Å². The molecule has 7 heteroatoms. The summed E-state index contributed by atoms with van der Waals surface area (Å²) >= 11 is 0. The van der Waals surface area contributed by atoms with Gasteiger partial charge in [0, 0.05) is 24.3 Å². The van der Waals surface area contributed by atoms with E-state index >= 15 is 0 Å². The SMILES string of the molecule is COc1cc(N)ccc1-c1nnnn1CC1CCOC1. The Labute approximate surface area is 116 Å². The molecule has 2 N–H and O–H groups in total. The van der Waals surface area contributed by atoms with Crippen molar-refractivity contribution in [2.75, 3.05) is 26.1 Å². The van der Waals surface area contributed by atoms with Crippen molar-refractivity contribution in [2.45, 2.75) is 13.0 Å². The molecule has 1 aliphatic heterocycles. The van der Waals surface area contributed by atoms with Gasteiger partial charge in [0.2, 0.25) is 0 Å². The first-order valence-corrected chi connectivity index (χ1v) is 6.55. The van der Waals surface area contributed by atoms with Crippen LogP contribution in [0.15, 0.2) is 18.2 Å². The fourth-order valence-corrected chi connectivity index (χ4v) is 2.38. The molecule has 3 rings (SSSR count). The van der Waals surface area contributed by atoms with E-state index in [0.717, 1.165) is 31.7 Å². The Morgan fingerprint density at radius 1 is 1.50 bits per heavy atom. The molecule has 1 aromatic carbocycles. The average molecular weight is 275 g/mol. The van der Waals surface area contributed by atoms with E-state index in [4.69, 9.17) is 15.2 Å². The third kappa shape index (κ3) is 2.44. The second kappa shape index (κ2) is 5.46. The molecule has 0 radical (unpaired) electrons. The highest BCUT2D eigenvalue weighted by Crippen LogP contribution is 2.30. The van der Waals surface area contributed by atoms with Gasteiger partial charge in [-0.1, -0.05) is 0 Å². The van der Waals surface area contributed by atoms with Crippen LogP contribution in [0.3, 0.4) is 0 Å². The molecule has 0 amide bonds.